The van der Waals surface area contributed by atoms with Gasteiger partial charge in [-0.2, -0.15) is 18.4 Å². The summed E-state index contributed by atoms with van der Waals surface area (Å²) in [6.07, 6.45) is -6.20. The highest BCUT2D eigenvalue weighted by molar-refractivity contribution is 6.01. The maximum absolute atomic E-state index is 15.2. The lowest BCUT2D eigenvalue weighted by Gasteiger charge is -2.38. The summed E-state index contributed by atoms with van der Waals surface area (Å²) in [5.74, 6) is -3.97. The second kappa shape index (κ2) is 10.7. The van der Waals surface area contributed by atoms with E-state index in [9.17, 15) is 37.6 Å². The van der Waals surface area contributed by atoms with Gasteiger partial charge in [0.05, 0.1) is 19.7 Å². The maximum Gasteiger partial charge on any atom is 0.433 e. The topological polar surface area (TPSA) is 154 Å². The molecule has 0 radical (unpaired) electrons. The lowest BCUT2D eigenvalue weighted by Crippen LogP contribution is -2.60. The van der Waals surface area contributed by atoms with Crippen LogP contribution >= 0.6 is 0 Å². The van der Waals surface area contributed by atoms with Crippen LogP contribution in [0.4, 0.5) is 28.2 Å². The van der Waals surface area contributed by atoms with Crippen LogP contribution in [0, 0.1) is 40.4 Å². The van der Waals surface area contributed by atoms with Crippen molar-refractivity contribution in [2.24, 2.45) is 29.1 Å². The number of methoxy groups -OCH3 is 1. The molecule has 6 rings (SSSR count). The number of amides is 4. The molecule has 4 amide bonds. The molecule has 2 bridgehead atoms. The number of alkyl carbamates (subject to hydrolysis) is 1. The third-order valence-corrected chi connectivity index (χ3v) is 10.2. The molecule has 16 heteroatoms. The number of nitrogens with zero attached hydrogens (tertiary/aromatic N) is 4. The van der Waals surface area contributed by atoms with Crippen LogP contribution in [-0.2, 0) is 25.3 Å². The number of aromatic nitrogens is 1. The fraction of sp³-hybridized carbons (Fsp3) is 0.667. The zero-order valence-corrected chi connectivity index (χ0v) is 25.6. The third-order valence-electron chi connectivity index (χ3n) is 10.2. The molecule has 9 unspecified atom stereocenters. The summed E-state index contributed by atoms with van der Waals surface area (Å²) in [6.45, 7) is 4.92. The van der Waals surface area contributed by atoms with Crippen LogP contribution in [0.25, 0.3) is 0 Å². The van der Waals surface area contributed by atoms with Crippen LogP contribution in [0.3, 0.4) is 0 Å². The van der Waals surface area contributed by atoms with Crippen molar-refractivity contribution in [2.75, 3.05) is 25.5 Å². The lowest BCUT2D eigenvalue weighted by molar-refractivity contribution is -0.149. The van der Waals surface area contributed by atoms with Gasteiger partial charge in [-0.1, -0.05) is 20.8 Å². The molecule has 12 nitrogen and oxygen atoms in total. The third kappa shape index (κ3) is 4.98. The molecule has 1 aromatic rings. The van der Waals surface area contributed by atoms with Gasteiger partial charge in [-0.3, -0.25) is 14.4 Å². The number of alkyl halides is 4. The van der Waals surface area contributed by atoms with Crippen LogP contribution < -0.4 is 15.4 Å². The van der Waals surface area contributed by atoms with Gasteiger partial charge in [0, 0.05) is 13.0 Å². The first-order valence-corrected chi connectivity index (χ1v) is 15.1. The quantitative estimate of drug-likeness (QED) is 0.474. The molecule has 2 N–H and O–H groups in total. The minimum Gasteiger partial charge on any atom is -0.472 e. The predicted octanol–water partition coefficient (Wildman–Crippen LogP) is 2.89. The molecule has 9 atom stereocenters. The first kappa shape index (κ1) is 31.8. The van der Waals surface area contributed by atoms with Crippen LogP contribution in [0.15, 0.2) is 12.1 Å². The first-order valence-electron chi connectivity index (χ1n) is 15.1. The Morgan fingerprint density at radius 1 is 1.20 bits per heavy atom. The molecular formula is C30H34F4N6O6. The average Bonchev–Trinajstić information content (AvgIpc) is 3.74. The van der Waals surface area contributed by atoms with E-state index < -0.39 is 95.2 Å². The summed E-state index contributed by atoms with van der Waals surface area (Å²) in [6, 6.07) is 0.232. The van der Waals surface area contributed by atoms with E-state index in [-0.39, 0.29) is 30.6 Å². The number of hydrogen-bond acceptors (Lipinski definition) is 8. The summed E-state index contributed by atoms with van der Waals surface area (Å²) in [4.78, 5) is 60.3. The summed E-state index contributed by atoms with van der Waals surface area (Å²) < 4.78 is 65.5. The molecule has 46 heavy (non-hydrogen) atoms. The summed E-state index contributed by atoms with van der Waals surface area (Å²) >= 11 is 0. The monoisotopic (exact) mass is 650 g/mol. The van der Waals surface area contributed by atoms with Gasteiger partial charge in [-0.05, 0) is 54.1 Å². The summed E-state index contributed by atoms with van der Waals surface area (Å²) in [5.41, 5.74) is -3.88. The minimum atomic E-state index is -4.77. The SMILES string of the molecule is COC(=O)NC(C(=O)N1CC2C3CC(F)C(C3)C2C1C(=O)N1CC2(CC1C#N)Oc1ccc(C(F)(F)F)nc1NC2=O)C(C)(C)C. The molecular weight excluding hydrogens is 616 g/mol. The van der Waals surface area contributed by atoms with Crippen molar-refractivity contribution >= 4 is 29.6 Å². The standard InChI is InChI=1S/C30H34F4N6O6/c1-28(2,3)22(37-27(44)45-4)25(42)39-11-16-13-7-15(17(31)8-13)20(16)21(39)24(41)40-12-29(9-14(40)10-35)26(43)38-23-18(46-29)5-6-19(36-23)30(32,33)34/h5-6,13-17,20-22H,7-9,11-12H2,1-4H3,(H,37,44)(H,36,38,43). The van der Waals surface area contributed by atoms with Gasteiger partial charge in [-0.15, -0.1) is 0 Å². The molecule has 2 saturated heterocycles. The number of halogens is 4. The van der Waals surface area contributed by atoms with Crippen LogP contribution in [-0.4, -0.2) is 88.7 Å². The van der Waals surface area contributed by atoms with Gasteiger partial charge in [0.15, 0.2) is 11.6 Å². The van der Waals surface area contributed by atoms with E-state index in [1.54, 1.807) is 20.8 Å². The Hall–Kier alpha value is -4.16. The van der Waals surface area contributed by atoms with E-state index >= 15 is 4.39 Å². The number of hydrogen-bond donors (Lipinski definition) is 2. The van der Waals surface area contributed by atoms with Crippen LogP contribution in [0.1, 0.15) is 45.7 Å². The highest BCUT2D eigenvalue weighted by Gasteiger charge is 2.65. The minimum absolute atomic E-state index is 0.0468. The van der Waals surface area contributed by atoms with E-state index in [1.165, 1.54) is 4.90 Å². The number of rotatable bonds is 3. The Kier molecular flexibility index (Phi) is 7.40. The Bertz CT molecular complexity index is 1530. The number of pyridine rings is 1. The van der Waals surface area contributed by atoms with Gasteiger partial charge in [0.2, 0.25) is 17.4 Å². The average molecular weight is 651 g/mol. The van der Waals surface area contributed by atoms with Gasteiger partial charge < -0.3 is 29.9 Å². The zero-order chi connectivity index (χ0) is 33.5. The number of ether oxygens (including phenoxy) is 2. The van der Waals surface area contributed by atoms with Crippen molar-refractivity contribution < 1.29 is 46.2 Å². The van der Waals surface area contributed by atoms with E-state index in [2.05, 4.69) is 15.6 Å². The summed E-state index contributed by atoms with van der Waals surface area (Å²) in [7, 11) is 1.16. The van der Waals surface area contributed by atoms with Crippen LogP contribution in [0.2, 0.25) is 0 Å². The second-order valence-corrected chi connectivity index (χ2v) is 13.9. The largest absolute Gasteiger partial charge is 0.472 e. The molecule has 0 aromatic carbocycles. The smallest absolute Gasteiger partial charge is 0.433 e. The van der Waals surface area contributed by atoms with Crippen molar-refractivity contribution in [1.82, 2.24) is 20.1 Å². The number of anilines is 1. The first-order chi connectivity index (χ1) is 21.5. The summed E-state index contributed by atoms with van der Waals surface area (Å²) in [5, 5.41) is 15.0. The molecule has 5 aliphatic rings. The van der Waals surface area contributed by atoms with Gasteiger partial charge in [-0.25, -0.2) is 14.2 Å². The zero-order valence-electron chi connectivity index (χ0n) is 25.6. The van der Waals surface area contributed by atoms with Crippen molar-refractivity contribution in [3.63, 3.8) is 0 Å². The van der Waals surface area contributed by atoms with Crippen molar-refractivity contribution in [1.29, 1.82) is 5.26 Å². The second-order valence-electron chi connectivity index (χ2n) is 13.9. The number of fused-ring (bicyclic) bond motifs is 6. The van der Waals surface area contributed by atoms with E-state index in [4.69, 9.17) is 9.47 Å². The number of nitrogens with one attached hydrogen (secondary N) is 2. The Morgan fingerprint density at radius 2 is 1.91 bits per heavy atom. The van der Waals surface area contributed by atoms with Crippen molar-refractivity contribution in [3.05, 3.63) is 17.8 Å². The maximum atomic E-state index is 15.2. The van der Waals surface area contributed by atoms with E-state index in [1.807, 2.05) is 6.07 Å². The van der Waals surface area contributed by atoms with Crippen LogP contribution in [0.5, 0.6) is 5.75 Å². The molecule has 1 aromatic heterocycles. The molecule has 3 aliphatic heterocycles. The predicted molar refractivity (Wildman–Crippen MR) is 149 cm³/mol. The Balaban J connectivity index is 1.33. The number of carbonyl (C=O) groups excluding carboxylic acids is 4. The molecule has 2 aliphatic carbocycles. The lowest BCUT2D eigenvalue weighted by atomic mass is 9.77. The van der Waals surface area contributed by atoms with Crippen molar-refractivity contribution in [2.45, 2.75) is 76.1 Å². The van der Waals surface area contributed by atoms with Gasteiger partial charge in [0.1, 0.15) is 30.0 Å². The van der Waals surface area contributed by atoms with Gasteiger partial charge >= 0.3 is 12.3 Å². The number of likely N-dealkylation sites (tertiary alicyclic amines) is 2. The normalized spacial score (nSPS) is 33.5. The fourth-order valence-electron chi connectivity index (χ4n) is 8.12. The molecule has 4 heterocycles. The molecule has 248 valence electrons. The fourth-order valence-corrected chi connectivity index (χ4v) is 8.12. The molecule has 1 spiro atoms. The molecule has 2 saturated carbocycles. The number of carbonyl (C=O) groups is 4. The Labute approximate surface area is 261 Å². The number of nitriles is 1. The van der Waals surface area contributed by atoms with Crippen molar-refractivity contribution in [3.8, 4) is 11.8 Å². The van der Waals surface area contributed by atoms with E-state index in [0.29, 0.717) is 18.9 Å². The molecule has 4 fully saturated rings. The Morgan fingerprint density at radius 3 is 2.54 bits per heavy atom. The highest BCUT2D eigenvalue weighted by Crippen LogP contribution is 2.59. The van der Waals surface area contributed by atoms with E-state index in [0.717, 1.165) is 18.1 Å². The highest BCUT2D eigenvalue weighted by atomic mass is 19.4. The van der Waals surface area contributed by atoms with Gasteiger partial charge in [0.25, 0.3) is 5.91 Å².